The van der Waals surface area contributed by atoms with E-state index >= 15 is 0 Å². The molecule has 0 heterocycles. The first-order valence-corrected chi connectivity index (χ1v) is 2.90. The molecule has 0 aromatic rings. The number of hydrogen-bond donors (Lipinski definition) is 1. The van der Waals surface area contributed by atoms with Crippen molar-refractivity contribution in [1.82, 2.24) is 5.32 Å². The molecule has 3 nitrogen and oxygen atoms in total. The van der Waals surface area contributed by atoms with Crippen LogP contribution < -0.4 is 5.32 Å². The van der Waals surface area contributed by atoms with Crippen molar-refractivity contribution in [1.29, 1.82) is 5.26 Å². The molecular formula is C6H12N2O. The highest BCUT2D eigenvalue weighted by molar-refractivity contribution is 4.75. The predicted molar refractivity (Wildman–Crippen MR) is 35.0 cm³/mol. The smallest absolute Gasteiger partial charge is 0.0843 e. The van der Waals surface area contributed by atoms with Crippen molar-refractivity contribution in [2.24, 2.45) is 0 Å². The molecule has 0 saturated heterocycles. The molecule has 0 radical (unpaired) electrons. The third-order valence-electron chi connectivity index (χ3n) is 0.946. The zero-order valence-electron chi connectivity index (χ0n) is 5.85. The molecule has 0 aliphatic carbocycles. The van der Waals surface area contributed by atoms with E-state index in [9.17, 15) is 0 Å². The third-order valence-corrected chi connectivity index (χ3v) is 0.946. The van der Waals surface area contributed by atoms with Crippen LogP contribution >= 0.6 is 0 Å². The minimum Gasteiger partial charge on any atom is -0.383 e. The number of ether oxygens (including phenoxy) is 1. The lowest BCUT2D eigenvalue weighted by atomic mass is 10.4. The molecule has 0 aliphatic rings. The maximum absolute atomic E-state index is 8.13. The average molecular weight is 128 g/mol. The minimum atomic E-state index is 0.273. The molecule has 0 aromatic carbocycles. The van der Waals surface area contributed by atoms with Gasteiger partial charge >= 0.3 is 0 Å². The summed E-state index contributed by atoms with van der Waals surface area (Å²) >= 11 is 0. The summed E-state index contributed by atoms with van der Waals surface area (Å²) in [6.45, 7) is 3.02. The summed E-state index contributed by atoms with van der Waals surface area (Å²) in [5.74, 6) is 0. The molecule has 1 unspecified atom stereocenters. The molecule has 0 spiro atoms. The van der Waals surface area contributed by atoms with Gasteiger partial charge < -0.3 is 4.74 Å². The van der Waals surface area contributed by atoms with Gasteiger partial charge in [-0.05, 0) is 6.92 Å². The molecule has 0 saturated carbocycles. The SMILES string of the molecule is COCC(C)NCC#N. The summed E-state index contributed by atoms with van der Waals surface area (Å²) in [6, 6.07) is 2.26. The standard InChI is InChI=1S/C6H12N2O/c1-6(5-9-2)8-4-3-7/h6,8H,4-5H2,1-2H3. The van der Waals surface area contributed by atoms with Gasteiger partial charge in [-0.1, -0.05) is 0 Å². The molecule has 0 aromatic heterocycles. The number of hydrogen-bond acceptors (Lipinski definition) is 3. The van der Waals surface area contributed by atoms with E-state index in [4.69, 9.17) is 10.00 Å². The summed E-state index contributed by atoms with van der Waals surface area (Å²) in [7, 11) is 1.64. The highest BCUT2D eigenvalue weighted by Gasteiger charge is 1.96. The predicted octanol–water partition coefficient (Wildman–Crippen LogP) is 0.134. The van der Waals surface area contributed by atoms with Gasteiger partial charge in [0.2, 0.25) is 0 Å². The second-order valence-corrected chi connectivity index (χ2v) is 1.90. The largest absolute Gasteiger partial charge is 0.383 e. The molecule has 0 amide bonds. The van der Waals surface area contributed by atoms with Gasteiger partial charge in [0.15, 0.2) is 0 Å². The Morgan fingerprint density at radius 2 is 2.44 bits per heavy atom. The molecule has 0 bridgehead atoms. The van der Waals surface area contributed by atoms with Crippen LogP contribution in [0.2, 0.25) is 0 Å². The Balaban J connectivity index is 3.07. The van der Waals surface area contributed by atoms with Gasteiger partial charge in [-0.15, -0.1) is 0 Å². The van der Waals surface area contributed by atoms with Crippen molar-refractivity contribution in [3.63, 3.8) is 0 Å². The molecule has 0 rings (SSSR count). The highest BCUT2D eigenvalue weighted by Crippen LogP contribution is 1.79. The fraction of sp³-hybridized carbons (Fsp3) is 0.833. The first-order valence-electron chi connectivity index (χ1n) is 2.90. The second-order valence-electron chi connectivity index (χ2n) is 1.90. The Hall–Kier alpha value is -0.590. The molecular weight excluding hydrogens is 116 g/mol. The Bertz CT molecular complexity index is 97.7. The molecule has 3 heteroatoms. The van der Waals surface area contributed by atoms with E-state index in [0.717, 1.165) is 0 Å². The van der Waals surface area contributed by atoms with Crippen molar-refractivity contribution < 1.29 is 4.74 Å². The fourth-order valence-corrected chi connectivity index (χ4v) is 0.529. The average Bonchev–Trinajstić information content (AvgIpc) is 1.85. The van der Waals surface area contributed by atoms with Crippen molar-refractivity contribution in [3.05, 3.63) is 0 Å². The first kappa shape index (κ1) is 8.41. The van der Waals surface area contributed by atoms with Crippen LogP contribution in [0.1, 0.15) is 6.92 Å². The number of methoxy groups -OCH3 is 1. The van der Waals surface area contributed by atoms with Crippen molar-refractivity contribution in [2.75, 3.05) is 20.3 Å². The van der Waals surface area contributed by atoms with Crippen molar-refractivity contribution >= 4 is 0 Å². The van der Waals surface area contributed by atoms with Gasteiger partial charge in [0.25, 0.3) is 0 Å². The minimum absolute atomic E-state index is 0.273. The lowest BCUT2D eigenvalue weighted by Gasteiger charge is -2.08. The Kier molecular flexibility index (Phi) is 5.18. The molecule has 52 valence electrons. The van der Waals surface area contributed by atoms with Crippen LogP contribution in [0.15, 0.2) is 0 Å². The van der Waals surface area contributed by atoms with Crippen LogP contribution in [-0.2, 0) is 4.74 Å². The number of nitrogens with one attached hydrogen (secondary N) is 1. The van der Waals surface area contributed by atoms with E-state index in [1.807, 2.05) is 13.0 Å². The fourth-order valence-electron chi connectivity index (χ4n) is 0.529. The van der Waals surface area contributed by atoms with Crippen LogP contribution in [0.25, 0.3) is 0 Å². The number of nitrogens with zero attached hydrogens (tertiary/aromatic N) is 1. The molecule has 0 aliphatic heterocycles. The Labute approximate surface area is 55.6 Å². The van der Waals surface area contributed by atoms with Crippen LogP contribution in [0.5, 0.6) is 0 Å². The maximum atomic E-state index is 8.13. The third kappa shape index (κ3) is 5.28. The van der Waals surface area contributed by atoms with E-state index in [-0.39, 0.29) is 6.04 Å². The topological polar surface area (TPSA) is 45.0 Å². The lowest BCUT2D eigenvalue weighted by Crippen LogP contribution is -2.30. The molecule has 1 atom stereocenters. The van der Waals surface area contributed by atoms with Gasteiger partial charge in [-0.2, -0.15) is 5.26 Å². The maximum Gasteiger partial charge on any atom is 0.0843 e. The van der Waals surface area contributed by atoms with Crippen LogP contribution in [0.4, 0.5) is 0 Å². The molecule has 9 heavy (non-hydrogen) atoms. The summed E-state index contributed by atoms with van der Waals surface area (Å²) in [5, 5.41) is 11.1. The van der Waals surface area contributed by atoms with Gasteiger partial charge in [0.1, 0.15) is 0 Å². The zero-order chi connectivity index (χ0) is 7.11. The quantitative estimate of drug-likeness (QED) is 0.547. The Morgan fingerprint density at radius 1 is 1.78 bits per heavy atom. The summed E-state index contributed by atoms with van der Waals surface area (Å²) in [5.41, 5.74) is 0. The van der Waals surface area contributed by atoms with E-state index in [0.29, 0.717) is 13.2 Å². The number of rotatable bonds is 4. The lowest BCUT2D eigenvalue weighted by molar-refractivity contribution is 0.174. The van der Waals surface area contributed by atoms with E-state index in [1.54, 1.807) is 7.11 Å². The Morgan fingerprint density at radius 3 is 2.89 bits per heavy atom. The second kappa shape index (κ2) is 5.54. The molecule has 1 N–H and O–H groups in total. The van der Waals surface area contributed by atoms with Crippen molar-refractivity contribution in [2.45, 2.75) is 13.0 Å². The van der Waals surface area contributed by atoms with E-state index in [1.165, 1.54) is 0 Å². The highest BCUT2D eigenvalue weighted by atomic mass is 16.5. The number of nitriles is 1. The summed E-state index contributed by atoms with van der Waals surface area (Å²) in [6.07, 6.45) is 0. The normalized spacial score (nSPS) is 12.6. The van der Waals surface area contributed by atoms with Gasteiger partial charge in [0, 0.05) is 13.2 Å². The molecule has 0 fully saturated rings. The van der Waals surface area contributed by atoms with Crippen LogP contribution in [-0.4, -0.2) is 26.3 Å². The van der Waals surface area contributed by atoms with Gasteiger partial charge in [0.05, 0.1) is 19.2 Å². The summed E-state index contributed by atoms with van der Waals surface area (Å²) in [4.78, 5) is 0. The van der Waals surface area contributed by atoms with E-state index < -0.39 is 0 Å². The monoisotopic (exact) mass is 128 g/mol. The van der Waals surface area contributed by atoms with Crippen LogP contribution in [0, 0.1) is 11.3 Å². The zero-order valence-corrected chi connectivity index (χ0v) is 5.85. The van der Waals surface area contributed by atoms with Crippen molar-refractivity contribution in [3.8, 4) is 6.07 Å². The van der Waals surface area contributed by atoms with E-state index in [2.05, 4.69) is 5.32 Å². The van der Waals surface area contributed by atoms with Gasteiger partial charge in [-0.3, -0.25) is 5.32 Å². The summed E-state index contributed by atoms with van der Waals surface area (Å²) < 4.78 is 4.83. The van der Waals surface area contributed by atoms with Crippen LogP contribution in [0.3, 0.4) is 0 Å². The first-order chi connectivity index (χ1) is 4.31. The van der Waals surface area contributed by atoms with Gasteiger partial charge in [-0.25, -0.2) is 0 Å².